The second-order valence-corrected chi connectivity index (χ2v) is 7.86. The highest BCUT2D eigenvalue weighted by Crippen LogP contribution is 2.36. The van der Waals surface area contributed by atoms with Gasteiger partial charge < -0.3 is 9.47 Å². The molecule has 0 spiro atoms. The Labute approximate surface area is 195 Å². The van der Waals surface area contributed by atoms with Gasteiger partial charge in [0.1, 0.15) is 6.61 Å². The Morgan fingerprint density at radius 3 is 2.50 bits per heavy atom. The lowest BCUT2D eigenvalue weighted by atomic mass is 10.0. The number of hydrogen-bond acceptors (Lipinski definition) is 5. The zero-order valence-electron chi connectivity index (χ0n) is 17.7. The minimum Gasteiger partial charge on any atom is -0.490 e. The number of aryl methyl sites for hydroxylation is 1. The van der Waals surface area contributed by atoms with Crippen LogP contribution in [-0.2, 0) is 6.61 Å². The maximum atomic E-state index is 11.1. The summed E-state index contributed by atoms with van der Waals surface area (Å²) in [4.78, 5) is 10.6. The van der Waals surface area contributed by atoms with Crippen molar-refractivity contribution in [2.75, 3.05) is 6.61 Å². The predicted molar refractivity (Wildman–Crippen MR) is 127 cm³/mol. The molecule has 0 atom stereocenters. The predicted octanol–water partition coefficient (Wildman–Crippen LogP) is 6.71. The van der Waals surface area contributed by atoms with Gasteiger partial charge in [-0.05, 0) is 48.7 Å². The normalized spacial score (nSPS) is 11.0. The number of nitriles is 1. The van der Waals surface area contributed by atoms with Crippen LogP contribution in [0.15, 0.2) is 65.1 Å². The molecule has 3 aromatic rings. The Bertz CT molecular complexity index is 1200. The summed E-state index contributed by atoms with van der Waals surface area (Å²) < 4.78 is 12.5. The van der Waals surface area contributed by atoms with Gasteiger partial charge in [0.2, 0.25) is 0 Å². The number of nitro groups is 1. The van der Waals surface area contributed by atoms with Gasteiger partial charge in [0.15, 0.2) is 11.5 Å². The van der Waals surface area contributed by atoms with Crippen LogP contribution in [-0.4, -0.2) is 11.5 Å². The Morgan fingerprint density at radius 2 is 1.84 bits per heavy atom. The fraction of sp³-hybridized carbons (Fsp3) is 0.160. The minimum atomic E-state index is -0.484. The molecule has 0 N–H and O–H groups in total. The average Bonchev–Trinajstić information content (AvgIpc) is 2.79. The van der Waals surface area contributed by atoms with Gasteiger partial charge in [-0.25, -0.2) is 0 Å². The van der Waals surface area contributed by atoms with E-state index in [1.807, 2.05) is 38.1 Å². The number of rotatable bonds is 8. The number of nitrogens with zero attached hydrogens (tertiary/aromatic N) is 2. The summed E-state index contributed by atoms with van der Waals surface area (Å²) in [7, 11) is 0. The van der Waals surface area contributed by atoms with Gasteiger partial charge in [0.05, 0.1) is 23.2 Å². The third kappa shape index (κ3) is 5.74. The molecule has 0 radical (unpaired) electrons. The molecule has 0 aliphatic carbocycles. The van der Waals surface area contributed by atoms with Crippen LogP contribution in [0.3, 0.4) is 0 Å². The van der Waals surface area contributed by atoms with Crippen molar-refractivity contribution in [1.82, 2.24) is 0 Å². The second kappa shape index (κ2) is 10.6. The number of hydrogen-bond donors (Lipinski definition) is 0. The van der Waals surface area contributed by atoms with Crippen molar-refractivity contribution < 1.29 is 14.4 Å². The van der Waals surface area contributed by atoms with E-state index in [0.29, 0.717) is 45.9 Å². The highest BCUT2D eigenvalue weighted by molar-refractivity contribution is 9.10. The van der Waals surface area contributed by atoms with Gasteiger partial charge in [0, 0.05) is 16.6 Å². The number of ether oxygens (including phenoxy) is 2. The summed E-state index contributed by atoms with van der Waals surface area (Å²) in [5.74, 6) is 1.12. The molecule has 0 bridgehead atoms. The summed E-state index contributed by atoms with van der Waals surface area (Å²) in [5, 5.41) is 20.7. The van der Waals surface area contributed by atoms with Crippen molar-refractivity contribution >= 4 is 33.3 Å². The van der Waals surface area contributed by atoms with Gasteiger partial charge in [-0.15, -0.1) is 0 Å². The summed E-state index contributed by atoms with van der Waals surface area (Å²) in [6, 6.07) is 19.8. The van der Waals surface area contributed by atoms with Crippen molar-refractivity contribution in [3.63, 3.8) is 0 Å². The van der Waals surface area contributed by atoms with Crippen molar-refractivity contribution in [2.45, 2.75) is 20.5 Å². The quantitative estimate of drug-likeness (QED) is 0.151. The summed E-state index contributed by atoms with van der Waals surface area (Å²) in [6.45, 7) is 4.75. The molecular formula is C25H21BrN2O4. The first-order valence-electron chi connectivity index (χ1n) is 9.92. The number of nitro benzene ring substituents is 1. The first-order valence-corrected chi connectivity index (χ1v) is 10.7. The lowest BCUT2D eigenvalue weighted by molar-refractivity contribution is -0.384. The zero-order valence-corrected chi connectivity index (χ0v) is 19.3. The molecule has 0 amide bonds. The first-order chi connectivity index (χ1) is 15.4. The number of halogens is 1. The van der Waals surface area contributed by atoms with Crippen molar-refractivity contribution in [3.05, 3.63) is 97.5 Å². The first kappa shape index (κ1) is 23.0. The van der Waals surface area contributed by atoms with Crippen LogP contribution in [0.4, 0.5) is 5.69 Å². The number of non-ortho nitro benzene ring substituents is 1. The molecule has 7 heteroatoms. The molecule has 0 aromatic heterocycles. The molecule has 0 fully saturated rings. The number of allylic oxidation sites excluding steroid dienone is 1. The molecule has 0 aliphatic heterocycles. The highest BCUT2D eigenvalue weighted by Gasteiger charge is 2.13. The van der Waals surface area contributed by atoms with E-state index >= 15 is 0 Å². The standard InChI is InChI=1S/C25H21BrN2O4/c1-3-31-24-13-20(11-21(15-27)19-5-4-6-22(12-19)28(29)30)23(26)14-25(24)32-16-18-9-7-17(2)8-10-18/h4-14H,3,16H2,1-2H3. The van der Waals surface area contributed by atoms with Gasteiger partial charge in [-0.2, -0.15) is 5.26 Å². The van der Waals surface area contributed by atoms with Crippen molar-refractivity contribution in [1.29, 1.82) is 5.26 Å². The molecule has 0 saturated heterocycles. The second-order valence-electron chi connectivity index (χ2n) is 7.00. The molecule has 0 heterocycles. The van der Waals surface area contributed by atoms with E-state index in [1.165, 1.54) is 17.7 Å². The fourth-order valence-electron chi connectivity index (χ4n) is 3.01. The van der Waals surface area contributed by atoms with Crippen LogP contribution in [0.5, 0.6) is 11.5 Å². The maximum absolute atomic E-state index is 11.1. The third-order valence-corrected chi connectivity index (χ3v) is 5.35. The maximum Gasteiger partial charge on any atom is 0.270 e. The Kier molecular flexibility index (Phi) is 7.63. The summed E-state index contributed by atoms with van der Waals surface area (Å²) >= 11 is 3.54. The lowest BCUT2D eigenvalue weighted by Gasteiger charge is -2.14. The molecule has 0 aliphatic rings. The Hall–Kier alpha value is -3.63. The highest BCUT2D eigenvalue weighted by atomic mass is 79.9. The van der Waals surface area contributed by atoms with Crippen molar-refractivity contribution in [3.8, 4) is 17.6 Å². The van der Waals surface area contributed by atoms with E-state index in [2.05, 4.69) is 22.0 Å². The number of benzene rings is 3. The van der Waals surface area contributed by atoms with Crippen LogP contribution in [0.25, 0.3) is 11.6 Å². The molecule has 3 aromatic carbocycles. The van der Waals surface area contributed by atoms with E-state index in [1.54, 1.807) is 30.3 Å². The SMILES string of the molecule is CCOc1cc(C=C(C#N)c2cccc([N+](=O)[O-])c2)c(Br)cc1OCc1ccc(C)cc1. The molecule has 32 heavy (non-hydrogen) atoms. The molecule has 6 nitrogen and oxygen atoms in total. The largest absolute Gasteiger partial charge is 0.490 e. The van der Waals surface area contributed by atoms with E-state index < -0.39 is 4.92 Å². The van der Waals surface area contributed by atoms with Crippen molar-refractivity contribution in [2.24, 2.45) is 0 Å². The summed E-state index contributed by atoms with van der Waals surface area (Å²) in [6.07, 6.45) is 1.66. The van der Waals surface area contributed by atoms with Gasteiger partial charge in [-0.1, -0.05) is 57.9 Å². The smallest absolute Gasteiger partial charge is 0.270 e. The topological polar surface area (TPSA) is 85.4 Å². The zero-order chi connectivity index (χ0) is 23.1. The minimum absolute atomic E-state index is 0.0717. The van der Waals surface area contributed by atoms with Gasteiger partial charge in [-0.3, -0.25) is 10.1 Å². The molecule has 0 saturated carbocycles. The third-order valence-electron chi connectivity index (χ3n) is 4.67. The van der Waals surface area contributed by atoms with Crippen LogP contribution in [0.2, 0.25) is 0 Å². The van der Waals surface area contributed by atoms with Gasteiger partial charge >= 0.3 is 0 Å². The fourth-order valence-corrected chi connectivity index (χ4v) is 3.45. The van der Waals surface area contributed by atoms with E-state index in [-0.39, 0.29) is 5.69 Å². The molecule has 0 unspecified atom stereocenters. The molecule has 162 valence electrons. The lowest BCUT2D eigenvalue weighted by Crippen LogP contribution is -2.00. The van der Waals surface area contributed by atoms with Crippen LogP contribution in [0.1, 0.15) is 29.2 Å². The molecular weight excluding hydrogens is 472 g/mol. The summed E-state index contributed by atoms with van der Waals surface area (Å²) in [5.41, 5.74) is 3.60. The van der Waals surface area contributed by atoms with Crippen LogP contribution in [0, 0.1) is 28.4 Å². The average molecular weight is 493 g/mol. The van der Waals surface area contributed by atoms with E-state index in [4.69, 9.17) is 9.47 Å². The van der Waals surface area contributed by atoms with Crippen LogP contribution >= 0.6 is 15.9 Å². The van der Waals surface area contributed by atoms with Crippen LogP contribution < -0.4 is 9.47 Å². The van der Waals surface area contributed by atoms with E-state index in [9.17, 15) is 15.4 Å². The Morgan fingerprint density at radius 1 is 1.12 bits per heavy atom. The monoisotopic (exact) mass is 492 g/mol. The van der Waals surface area contributed by atoms with Gasteiger partial charge in [0.25, 0.3) is 5.69 Å². The Balaban J connectivity index is 1.93. The van der Waals surface area contributed by atoms with E-state index in [0.717, 1.165) is 5.56 Å². The molecule has 3 rings (SSSR count).